The molecule has 128 valence electrons. The van der Waals surface area contributed by atoms with Crippen LogP contribution < -0.4 is 15.6 Å². The molecule has 8 heteroatoms. The lowest BCUT2D eigenvalue weighted by atomic mass is 10.2. The highest BCUT2D eigenvalue weighted by Gasteiger charge is 2.28. The number of nitrogens with zero attached hydrogens (tertiary/aromatic N) is 1. The number of benzene rings is 1. The first kappa shape index (κ1) is 17.6. The first-order chi connectivity index (χ1) is 11.3. The summed E-state index contributed by atoms with van der Waals surface area (Å²) in [4.78, 5) is 23.5. The van der Waals surface area contributed by atoms with Crippen molar-refractivity contribution in [1.82, 2.24) is 9.88 Å². The molecular weight excluding hydrogens is 325 g/mol. The number of carbonyl (C=O) groups excluding carboxylic acids is 1. The third kappa shape index (κ3) is 4.87. The first-order valence-corrected chi connectivity index (χ1v) is 6.99. The summed E-state index contributed by atoms with van der Waals surface area (Å²) in [5.74, 6) is -0.286. The molecule has 24 heavy (non-hydrogen) atoms. The minimum atomic E-state index is -4.42. The van der Waals surface area contributed by atoms with E-state index in [-0.39, 0.29) is 23.8 Å². The zero-order chi connectivity index (χ0) is 17.7. The predicted octanol–water partition coefficient (Wildman–Crippen LogP) is 2.20. The fraction of sp³-hybridized carbons (Fsp3) is 0.250. The van der Waals surface area contributed by atoms with Gasteiger partial charge in [0.2, 0.25) is 0 Å². The summed E-state index contributed by atoms with van der Waals surface area (Å²) >= 11 is 0. The molecule has 0 aliphatic carbocycles. The fourth-order valence-electron chi connectivity index (χ4n) is 2.03. The maximum Gasteiger partial charge on any atom is 0.422 e. The fourth-order valence-corrected chi connectivity index (χ4v) is 2.03. The molecule has 0 spiro atoms. The molecule has 1 heterocycles. The molecule has 1 amide bonds. The third-order valence-corrected chi connectivity index (χ3v) is 3.13. The van der Waals surface area contributed by atoms with E-state index in [1.807, 2.05) is 0 Å². The highest BCUT2D eigenvalue weighted by molar-refractivity contribution is 5.93. The molecule has 0 saturated heterocycles. The molecule has 2 rings (SSSR count). The molecule has 0 fully saturated rings. The number of pyridine rings is 1. The Bertz CT molecular complexity index is 785. The number of ether oxygens (including phenoxy) is 1. The lowest BCUT2D eigenvalue weighted by molar-refractivity contribution is -0.153. The maximum absolute atomic E-state index is 12.2. The van der Waals surface area contributed by atoms with Gasteiger partial charge >= 0.3 is 6.18 Å². The summed E-state index contributed by atoms with van der Waals surface area (Å²) in [5.41, 5.74) is 0.552. The van der Waals surface area contributed by atoms with Gasteiger partial charge in [0.15, 0.2) is 6.61 Å². The molecule has 0 atom stereocenters. The average molecular weight is 340 g/mol. The summed E-state index contributed by atoms with van der Waals surface area (Å²) in [6.07, 6.45) is -3.03. The summed E-state index contributed by atoms with van der Waals surface area (Å²) in [6.45, 7) is -1.28. The molecule has 5 nitrogen and oxygen atoms in total. The Balaban J connectivity index is 2.19. The standard InChI is InChI=1S/C16H15F3N2O3/c1-20-15(23)12-5-6-14(22)21(9-12)8-11-3-2-4-13(7-11)24-10-16(17,18)19/h2-7,9H,8,10H2,1H3,(H,20,23). The van der Waals surface area contributed by atoms with Gasteiger partial charge in [-0.05, 0) is 23.8 Å². The van der Waals surface area contributed by atoms with Gasteiger partial charge in [-0.2, -0.15) is 13.2 Å². The second-order valence-electron chi connectivity index (χ2n) is 5.01. The first-order valence-electron chi connectivity index (χ1n) is 6.99. The normalized spacial score (nSPS) is 11.2. The van der Waals surface area contributed by atoms with Crippen LogP contribution in [-0.4, -0.2) is 30.3 Å². The van der Waals surface area contributed by atoms with Crippen LogP contribution >= 0.6 is 0 Å². The third-order valence-electron chi connectivity index (χ3n) is 3.13. The van der Waals surface area contributed by atoms with Crippen molar-refractivity contribution in [2.75, 3.05) is 13.7 Å². The van der Waals surface area contributed by atoms with Crippen LogP contribution in [0.5, 0.6) is 5.75 Å². The zero-order valence-electron chi connectivity index (χ0n) is 12.8. The summed E-state index contributed by atoms with van der Waals surface area (Å²) < 4.78 is 42.5. The number of hydrogen-bond donors (Lipinski definition) is 1. The molecule has 0 unspecified atom stereocenters. The smallest absolute Gasteiger partial charge is 0.422 e. The van der Waals surface area contributed by atoms with Crippen LogP contribution in [0.1, 0.15) is 15.9 Å². The zero-order valence-corrected chi connectivity index (χ0v) is 12.8. The van der Waals surface area contributed by atoms with Crippen LogP contribution in [0.3, 0.4) is 0 Å². The van der Waals surface area contributed by atoms with Crippen LogP contribution in [-0.2, 0) is 6.54 Å². The quantitative estimate of drug-likeness (QED) is 0.908. The van der Waals surface area contributed by atoms with Crippen molar-refractivity contribution in [3.05, 3.63) is 64.1 Å². The average Bonchev–Trinajstić information content (AvgIpc) is 2.54. The predicted molar refractivity (Wildman–Crippen MR) is 81.2 cm³/mol. The number of alkyl halides is 3. The van der Waals surface area contributed by atoms with Gasteiger partial charge < -0.3 is 14.6 Å². The molecule has 1 N–H and O–H groups in total. The van der Waals surface area contributed by atoms with E-state index in [2.05, 4.69) is 10.1 Å². The molecular formula is C16H15F3N2O3. The molecule has 0 aliphatic heterocycles. The van der Waals surface area contributed by atoms with Crippen molar-refractivity contribution in [1.29, 1.82) is 0 Å². The van der Waals surface area contributed by atoms with Gasteiger partial charge in [-0.15, -0.1) is 0 Å². The summed E-state index contributed by atoms with van der Waals surface area (Å²) in [6, 6.07) is 8.67. The van der Waals surface area contributed by atoms with E-state index in [4.69, 9.17) is 0 Å². The summed E-state index contributed by atoms with van der Waals surface area (Å²) in [5, 5.41) is 2.45. The molecule has 0 bridgehead atoms. The molecule has 2 aromatic rings. The number of aromatic nitrogens is 1. The second-order valence-corrected chi connectivity index (χ2v) is 5.01. The van der Waals surface area contributed by atoms with Crippen molar-refractivity contribution in [2.45, 2.75) is 12.7 Å². The minimum Gasteiger partial charge on any atom is -0.484 e. The molecule has 0 radical (unpaired) electrons. The van der Waals surface area contributed by atoms with E-state index < -0.39 is 12.8 Å². The second kappa shape index (κ2) is 7.20. The van der Waals surface area contributed by atoms with E-state index in [1.54, 1.807) is 6.07 Å². The van der Waals surface area contributed by atoms with Crippen molar-refractivity contribution in [3.8, 4) is 5.75 Å². The summed E-state index contributed by atoms with van der Waals surface area (Å²) in [7, 11) is 1.47. The van der Waals surface area contributed by atoms with Gasteiger partial charge in [0, 0.05) is 19.3 Å². The van der Waals surface area contributed by atoms with Gasteiger partial charge in [0.25, 0.3) is 11.5 Å². The van der Waals surface area contributed by atoms with Gasteiger partial charge in [-0.25, -0.2) is 0 Å². The number of carbonyl (C=O) groups is 1. The van der Waals surface area contributed by atoms with Crippen molar-refractivity contribution >= 4 is 5.91 Å². The van der Waals surface area contributed by atoms with E-state index in [9.17, 15) is 22.8 Å². The Morgan fingerprint density at radius 2 is 2.00 bits per heavy atom. The lowest BCUT2D eigenvalue weighted by Crippen LogP contribution is -2.24. The Hall–Kier alpha value is -2.77. The van der Waals surface area contributed by atoms with Crippen LogP contribution in [0.15, 0.2) is 47.4 Å². The topological polar surface area (TPSA) is 60.3 Å². The highest BCUT2D eigenvalue weighted by Crippen LogP contribution is 2.19. The molecule has 1 aromatic carbocycles. The van der Waals surface area contributed by atoms with E-state index in [0.717, 1.165) is 0 Å². The Labute approximate surface area is 135 Å². The van der Waals surface area contributed by atoms with Crippen LogP contribution in [0.2, 0.25) is 0 Å². The van der Waals surface area contributed by atoms with Gasteiger partial charge in [-0.1, -0.05) is 12.1 Å². The highest BCUT2D eigenvalue weighted by atomic mass is 19.4. The number of nitrogens with one attached hydrogen (secondary N) is 1. The largest absolute Gasteiger partial charge is 0.484 e. The number of halogens is 3. The van der Waals surface area contributed by atoms with Crippen molar-refractivity contribution in [2.24, 2.45) is 0 Å². The van der Waals surface area contributed by atoms with Crippen LogP contribution in [0.4, 0.5) is 13.2 Å². The van der Waals surface area contributed by atoms with Crippen LogP contribution in [0, 0.1) is 0 Å². The van der Waals surface area contributed by atoms with Crippen molar-refractivity contribution in [3.63, 3.8) is 0 Å². The number of rotatable bonds is 5. The SMILES string of the molecule is CNC(=O)c1ccc(=O)n(Cc2cccc(OCC(F)(F)F)c2)c1. The van der Waals surface area contributed by atoms with E-state index in [0.29, 0.717) is 11.1 Å². The molecule has 0 saturated carbocycles. The maximum atomic E-state index is 12.2. The molecule has 1 aromatic heterocycles. The number of hydrogen-bond acceptors (Lipinski definition) is 3. The number of amides is 1. The Kier molecular flexibility index (Phi) is 5.28. The van der Waals surface area contributed by atoms with Gasteiger partial charge in [0.1, 0.15) is 5.75 Å². The van der Waals surface area contributed by atoms with Crippen LogP contribution in [0.25, 0.3) is 0 Å². The Morgan fingerprint density at radius 1 is 1.25 bits per heavy atom. The monoisotopic (exact) mass is 340 g/mol. The van der Waals surface area contributed by atoms with E-state index >= 15 is 0 Å². The van der Waals surface area contributed by atoms with Gasteiger partial charge in [-0.3, -0.25) is 9.59 Å². The van der Waals surface area contributed by atoms with E-state index in [1.165, 1.54) is 48.1 Å². The lowest BCUT2D eigenvalue weighted by Gasteiger charge is -2.11. The van der Waals surface area contributed by atoms with Gasteiger partial charge in [0.05, 0.1) is 12.1 Å². The molecule has 0 aliphatic rings. The Morgan fingerprint density at radius 3 is 2.67 bits per heavy atom. The minimum absolute atomic E-state index is 0.0559. The van der Waals surface area contributed by atoms with Crippen molar-refractivity contribution < 1.29 is 22.7 Å².